The van der Waals surface area contributed by atoms with E-state index in [0.717, 1.165) is 23.4 Å². The number of alkyl halides is 3. The number of carbonyl (C=O) groups excluding carboxylic acids is 1. The number of benzene rings is 2. The molecule has 1 unspecified atom stereocenters. The number of amides is 2. The van der Waals surface area contributed by atoms with Crippen LogP contribution in [0.4, 0.5) is 23.7 Å². The largest absolute Gasteiger partial charge is 0.465 e. The molecule has 0 spiro atoms. The Bertz CT molecular complexity index is 1180. The van der Waals surface area contributed by atoms with Gasteiger partial charge in [0.05, 0.1) is 12.0 Å². The van der Waals surface area contributed by atoms with E-state index >= 15 is 0 Å². The van der Waals surface area contributed by atoms with Crippen molar-refractivity contribution in [3.05, 3.63) is 65.0 Å². The van der Waals surface area contributed by atoms with Crippen molar-refractivity contribution in [3.8, 4) is 11.4 Å². The van der Waals surface area contributed by atoms with E-state index in [9.17, 15) is 22.8 Å². The molecule has 0 bridgehead atoms. The summed E-state index contributed by atoms with van der Waals surface area (Å²) in [5.74, 6) is 0.558. The molecule has 1 aliphatic rings. The van der Waals surface area contributed by atoms with Gasteiger partial charge in [-0.05, 0) is 54.3 Å². The van der Waals surface area contributed by atoms with Gasteiger partial charge in [-0.25, -0.2) is 4.79 Å². The molecule has 0 fully saturated rings. The summed E-state index contributed by atoms with van der Waals surface area (Å²) >= 11 is 0. The fourth-order valence-corrected chi connectivity index (χ4v) is 3.65. The van der Waals surface area contributed by atoms with Crippen LogP contribution in [0.1, 0.15) is 29.0 Å². The van der Waals surface area contributed by atoms with E-state index < -0.39 is 23.9 Å². The first-order chi connectivity index (χ1) is 15.7. The second-order valence-electron chi connectivity index (χ2n) is 7.69. The Morgan fingerprint density at radius 2 is 1.97 bits per heavy atom. The summed E-state index contributed by atoms with van der Waals surface area (Å²) in [6.07, 6.45) is -4.62. The van der Waals surface area contributed by atoms with Crippen molar-refractivity contribution in [1.29, 1.82) is 0 Å². The van der Waals surface area contributed by atoms with Crippen LogP contribution in [0.25, 0.3) is 11.4 Å². The summed E-state index contributed by atoms with van der Waals surface area (Å²) in [5, 5.41) is 18.2. The second-order valence-corrected chi connectivity index (χ2v) is 7.69. The molecule has 11 heteroatoms. The van der Waals surface area contributed by atoms with Crippen molar-refractivity contribution in [2.45, 2.75) is 37.9 Å². The maximum absolute atomic E-state index is 12.7. The predicted octanol–water partition coefficient (Wildman–Crippen LogP) is 4.06. The van der Waals surface area contributed by atoms with E-state index in [-0.39, 0.29) is 25.2 Å². The number of hydrogen-bond donors (Lipinski definition) is 3. The fraction of sp³-hybridized carbons (Fsp3) is 0.273. The quantitative estimate of drug-likeness (QED) is 0.490. The molecule has 4 rings (SSSR count). The van der Waals surface area contributed by atoms with Gasteiger partial charge in [0.2, 0.25) is 17.6 Å². The molecule has 2 aromatic carbocycles. The van der Waals surface area contributed by atoms with Crippen LogP contribution in [0.15, 0.2) is 47.0 Å². The van der Waals surface area contributed by atoms with Crippen molar-refractivity contribution in [2.24, 2.45) is 0 Å². The number of aromatic nitrogens is 2. The number of halogens is 3. The molecule has 0 saturated heterocycles. The molecule has 1 aromatic heterocycles. The first-order valence-electron chi connectivity index (χ1n) is 10.1. The molecule has 0 saturated carbocycles. The highest BCUT2D eigenvalue weighted by Crippen LogP contribution is 2.30. The van der Waals surface area contributed by atoms with E-state index in [1.165, 1.54) is 12.1 Å². The lowest BCUT2D eigenvalue weighted by molar-refractivity contribution is -0.137. The molecule has 33 heavy (non-hydrogen) atoms. The van der Waals surface area contributed by atoms with Crippen molar-refractivity contribution in [3.63, 3.8) is 0 Å². The van der Waals surface area contributed by atoms with Gasteiger partial charge in [-0.15, -0.1) is 0 Å². The average molecular weight is 460 g/mol. The number of aryl methyl sites for hydroxylation is 1. The number of fused-ring (bicyclic) bond motifs is 1. The Labute approximate surface area is 185 Å². The first-order valence-corrected chi connectivity index (χ1v) is 10.1. The Balaban J connectivity index is 1.41. The summed E-state index contributed by atoms with van der Waals surface area (Å²) in [6.45, 7) is 0. The van der Waals surface area contributed by atoms with Crippen LogP contribution < -0.4 is 10.6 Å². The van der Waals surface area contributed by atoms with Gasteiger partial charge in [0.25, 0.3) is 0 Å². The van der Waals surface area contributed by atoms with Crippen molar-refractivity contribution in [2.75, 3.05) is 5.32 Å². The average Bonchev–Trinajstić information content (AvgIpc) is 3.36. The van der Waals surface area contributed by atoms with Gasteiger partial charge in [0.1, 0.15) is 0 Å². The van der Waals surface area contributed by atoms with Crippen LogP contribution in [-0.4, -0.2) is 33.3 Å². The zero-order valence-corrected chi connectivity index (χ0v) is 17.1. The molecular formula is C22H19F3N4O4. The lowest BCUT2D eigenvalue weighted by atomic mass is 10.0. The highest BCUT2D eigenvalue weighted by Gasteiger charge is 2.30. The number of nitrogens with one attached hydrogen (secondary N) is 2. The molecule has 1 aliphatic heterocycles. The highest BCUT2D eigenvalue weighted by atomic mass is 19.4. The van der Waals surface area contributed by atoms with Gasteiger partial charge < -0.3 is 20.3 Å². The smallest absolute Gasteiger partial charge is 0.416 e. The number of rotatable bonds is 7. The lowest BCUT2D eigenvalue weighted by Crippen LogP contribution is -2.35. The lowest BCUT2D eigenvalue weighted by Gasteiger charge is -2.16. The Morgan fingerprint density at radius 1 is 1.21 bits per heavy atom. The molecule has 2 heterocycles. The number of nitrogens with zero attached hydrogens (tertiary/aromatic N) is 2. The number of anilines is 1. The maximum atomic E-state index is 12.7. The SMILES string of the molecule is O=C(O)NC(CCc1nc(-c2ccc3c(c2)CC(=O)N3)no1)Cc1ccc(C(F)(F)F)cc1. The molecule has 3 aromatic rings. The van der Waals surface area contributed by atoms with Crippen LogP contribution in [0.5, 0.6) is 0 Å². The first kappa shape index (κ1) is 22.3. The fourth-order valence-electron chi connectivity index (χ4n) is 3.65. The van der Waals surface area contributed by atoms with Gasteiger partial charge >= 0.3 is 12.3 Å². The zero-order chi connectivity index (χ0) is 23.6. The van der Waals surface area contributed by atoms with Crippen molar-refractivity contribution < 1.29 is 32.4 Å². The minimum Gasteiger partial charge on any atom is -0.465 e. The molecule has 0 radical (unpaired) electrons. The number of carboxylic acid groups (broad SMARTS) is 1. The third-order valence-corrected chi connectivity index (χ3v) is 5.25. The summed E-state index contributed by atoms with van der Waals surface area (Å²) in [4.78, 5) is 27.0. The molecular weight excluding hydrogens is 441 g/mol. The van der Waals surface area contributed by atoms with E-state index in [2.05, 4.69) is 20.8 Å². The predicted molar refractivity (Wildman–Crippen MR) is 110 cm³/mol. The van der Waals surface area contributed by atoms with E-state index in [1.807, 2.05) is 0 Å². The topological polar surface area (TPSA) is 117 Å². The van der Waals surface area contributed by atoms with E-state index in [4.69, 9.17) is 9.63 Å². The van der Waals surface area contributed by atoms with E-state index in [0.29, 0.717) is 29.3 Å². The van der Waals surface area contributed by atoms with Crippen molar-refractivity contribution in [1.82, 2.24) is 15.5 Å². The highest BCUT2D eigenvalue weighted by molar-refractivity contribution is 5.99. The molecule has 0 aliphatic carbocycles. The molecule has 8 nitrogen and oxygen atoms in total. The standard InChI is InChI=1S/C22H19F3N4O4/c23-22(24,25)15-4-1-12(2-5-15)9-16(26-21(31)32)6-8-19-28-20(29-33-19)13-3-7-17-14(10-13)11-18(30)27-17/h1-5,7,10,16,26H,6,8-9,11H2,(H,27,30)(H,31,32). The monoisotopic (exact) mass is 460 g/mol. The maximum Gasteiger partial charge on any atom is 0.416 e. The summed E-state index contributed by atoms with van der Waals surface area (Å²) < 4.78 is 43.5. The molecule has 3 N–H and O–H groups in total. The summed E-state index contributed by atoms with van der Waals surface area (Å²) in [6, 6.07) is 9.37. The minimum atomic E-state index is -4.43. The third-order valence-electron chi connectivity index (χ3n) is 5.25. The van der Waals surface area contributed by atoms with Gasteiger partial charge in [-0.2, -0.15) is 18.2 Å². The molecule has 1 atom stereocenters. The zero-order valence-electron chi connectivity index (χ0n) is 17.1. The van der Waals surface area contributed by atoms with E-state index in [1.54, 1.807) is 18.2 Å². The van der Waals surface area contributed by atoms with Gasteiger partial charge in [0, 0.05) is 23.7 Å². The number of hydrogen-bond acceptors (Lipinski definition) is 5. The molecule has 2 amide bonds. The molecule has 172 valence electrons. The summed E-state index contributed by atoms with van der Waals surface area (Å²) in [5.41, 5.74) is 2.07. The Kier molecular flexibility index (Phi) is 6.03. The van der Waals surface area contributed by atoms with Gasteiger partial charge in [-0.1, -0.05) is 17.3 Å². The third kappa shape index (κ3) is 5.48. The number of carbonyl (C=O) groups is 2. The summed E-state index contributed by atoms with van der Waals surface area (Å²) in [7, 11) is 0. The normalized spacial score (nSPS) is 14.0. The van der Waals surface area contributed by atoms with Crippen LogP contribution in [0, 0.1) is 0 Å². The van der Waals surface area contributed by atoms with Crippen LogP contribution >= 0.6 is 0 Å². The van der Waals surface area contributed by atoms with Crippen LogP contribution in [0.3, 0.4) is 0 Å². The minimum absolute atomic E-state index is 0.0824. The van der Waals surface area contributed by atoms with Gasteiger partial charge in [-0.3, -0.25) is 4.79 Å². The Hall–Kier alpha value is -3.89. The second kappa shape index (κ2) is 8.93. The van der Waals surface area contributed by atoms with Gasteiger partial charge in [0.15, 0.2) is 0 Å². The van der Waals surface area contributed by atoms with Crippen molar-refractivity contribution >= 4 is 17.7 Å². The Morgan fingerprint density at radius 3 is 2.67 bits per heavy atom. The van der Waals surface area contributed by atoms with Crippen LogP contribution in [0.2, 0.25) is 0 Å². The van der Waals surface area contributed by atoms with Crippen LogP contribution in [-0.2, 0) is 30.2 Å².